The molecule has 0 aliphatic rings. The van der Waals surface area contributed by atoms with Crippen molar-refractivity contribution < 1.29 is 4.79 Å². The highest BCUT2D eigenvalue weighted by molar-refractivity contribution is 5.76. The van der Waals surface area contributed by atoms with Gasteiger partial charge < -0.3 is 10.6 Å². The topological polar surface area (TPSA) is 59.0 Å². The smallest absolute Gasteiger partial charge is 0.221 e. The van der Waals surface area contributed by atoms with E-state index in [4.69, 9.17) is 0 Å². The van der Waals surface area contributed by atoms with Crippen LogP contribution in [0.25, 0.3) is 0 Å². The number of carbonyl (C=O) groups excluding carboxylic acids is 1. The molecule has 0 saturated heterocycles. The maximum absolute atomic E-state index is 11.6. The van der Waals surface area contributed by atoms with Crippen LogP contribution in [0.4, 0.5) is 0 Å². The van der Waals surface area contributed by atoms with E-state index in [0.29, 0.717) is 13.0 Å². The van der Waals surface area contributed by atoms with Crippen molar-refractivity contribution in [3.05, 3.63) is 17.5 Å². The number of rotatable bonds is 6. The molecule has 1 rings (SSSR count). The Labute approximate surface area is 103 Å². The first kappa shape index (κ1) is 13.7. The van der Waals surface area contributed by atoms with Crippen molar-refractivity contribution in [3.8, 4) is 0 Å². The number of hydrogen-bond donors (Lipinski definition) is 2. The molecule has 5 nitrogen and oxygen atoms in total. The van der Waals surface area contributed by atoms with E-state index in [9.17, 15) is 4.79 Å². The van der Waals surface area contributed by atoms with E-state index in [-0.39, 0.29) is 11.9 Å². The van der Waals surface area contributed by atoms with Gasteiger partial charge in [-0.2, -0.15) is 5.10 Å². The molecule has 0 radical (unpaired) electrons. The first-order chi connectivity index (χ1) is 8.04. The SMILES string of the molecule is CCNC(C)CC(=O)NCc1cnn(C)c1C. The minimum Gasteiger partial charge on any atom is -0.352 e. The van der Waals surface area contributed by atoms with E-state index in [1.807, 2.05) is 32.5 Å². The van der Waals surface area contributed by atoms with Gasteiger partial charge in [-0.1, -0.05) is 6.92 Å². The van der Waals surface area contributed by atoms with Gasteiger partial charge in [0.05, 0.1) is 6.20 Å². The second kappa shape index (κ2) is 6.39. The third-order valence-electron chi connectivity index (χ3n) is 2.86. The third-order valence-corrected chi connectivity index (χ3v) is 2.86. The first-order valence-corrected chi connectivity index (χ1v) is 6.02. The zero-order valence-electron chi connectivity index (χ0n) is 11.1. The van der Waals surface area contributed by atoms with E-state index in [2.05, 4.69) is 15.7 Å². The summed E-state index contributed by atoms with van der Waals surface area (Å²) >= 11 is 0. The Morgan fingerprint density at radius 3 is 2.82 bits per heavy atom. The molecular weight excluding hydrogens is 216 g/mol. The maximum Gasteiger partial charge on any atom is 0.221 e. The molecule has 2 N–H and O–H groups in total. The predicted molar refractivity (Wildman–Crippen MR) is 67.5 cm³/mol. The van der Waals surface area contributed by atoms with Crippen LogP contribution >= 0.6 is 0 Å². The largest absolute Gasteiger partial charge is 0.352 e. The summed E-state index contributed by atoms with van der Waals surface area (Å²) in [5, 5.41) is 10.3. The van der Waals surface area contributed by atoms with Gasteiger partial charge in [-0.15, -0.1) is 0 Å². The second-order valence-electron chi connectivity index (χ2n) is 4.32. The van der Waals surface area contributed by atoms with Gasteiger partial charge in [0.2, 0.25) is 5.91 Å². The van der Waals surface area contributed by atoms with Crippen LogP contribution in [0.2, 0.25) is 0 Å². The van der Waals surface area contributed by atoms with Gasteiger partial charge in [0, 0.05) is 37.3 Å². The summed E-state index contributed by atoms with van der Waals surface area (Å²) in [5.74, 6) is 0.0710. The van der Waals surface area contributed by atoms with Crippen molar-refractivity contribution in [2.75, 3.05) is 6.54 Å². The maximum atomic E-state index is 11.6. The molecule has 1 aromatic rings. The molecule has 1 heterocycles. The van der Waals surface area contributed by atoms with E-state index in [0.717, 1.165) is 17.8 Å². The lowest BCUT2D eigenvalue weighted by Crippen LogP contribution is -2.33. The fourth-order valence-corrected chi connectivity index (χ4v) is 1.68. The van der Waals surface area contributed by atoms with E-state index < -0.39 is 0 Å². The number of amides is 1. The molecule has 5 heteroatoms. The highest BCUT2D eigenvalue weighted by Gasteiger charge is 2.09. The lowest BCUT2D eigenvalue weighted by atomic mass is 10.2. The summed E-state index contributed by atoms with van der Waals surface area (Å²) in [6.45, 7) is 7.48. The zero-order valence-corrected chi connectivity index (χ0v) is 11.1. The predicted octanol–water partition coefficient (Wildman–Crippen LogP) is 0.733. The Balaban J connectivity index is 2.36. The molecular formula is C12H22N4O. The number of nitrogens with one attached hydrogen (secondary N) is 2. The van der Waals surface area contributed by atoms with Gasteiger partial charge in [-0.05, 0) is 20.4 Å². The fraction of sp³-hybridized carbons (Fsp3) is 0.667. The Hall–Kier alpha value is -1.36. The van der Waals surface area contributed by atoms with Crippen molar-refractivity contribution in [2.24, 2.45) is 7.05 Å². The molecule has 0 bridgehead atoms. The van der Waals surface area contributed by atoms with Gasteiger partial charge in [0.1, 0.15) is 0 Å². The summed E-state index contributed by atoms with van der Waals surface area (Å²) in [5.41, 5.74) is 2.15. The third kappa shape index (κ3) is 4.19. The van der Waals surface area contributed by atoms with Gasteiger partial charge in [-0.25, -0.2) is 0 Å². The second-order valence-corrected chi connectivity index (χ2v) is 4.32. The summed E-state index contributed by atoms with van der Waals surface area (Å²) in [6, 6.07) is 0.218. The number of aromatic nitrogens is 2. The van der Waals surface area contributed by atoms with Crippen molar-refractivity contribution in [2.45, 2.75) is 39.8 Å². The first-order valence-electron chi connectivity index (χ1n) is 6.02. The van der Waals surface area contributed by atoms with Gasteiger partial charge in [0.25, 0.3) is 0 Å². The minimum atomic E-state index is 0.0710. The van der Waals surface area contributed by atoms with Crippen LogP contribution in [0.3, 0.4) is 0 Å². The summed E-state index contributed by atoms with van der Waals surface area (Å²) in [6.07, 6.45) is 2.30. The van der Waals surface area contributed by atoms with Crippen LogP contribution in [0.15, 0.2) is 6.20 Å². The Bertz CT molecular complexity index is 373. The number of nitrogens with zero attached hydrogens (tertiary/aromatic N) is 2. The van der Waals surface area contributed by atoms with Crippen LogP contribution in [0.5, 0.6) is 0 Å². The monoisotopic (exact) mass is 238 g/mol. The van der Waals surface area contributed by atoms with E-state index >= 15 is 0 Å². The van der Waals surface area contributed by atoms with Crippen molar-refractivity contribution >= 4 is 5.91 Å². The molecule has 1 aromatic heterocycles. The van der Waals surface area contributed by atoms with E-state index in [1.165, 1.54) is 0 Å². The zero-order chi connectivity index (χ0) is 12.8. The van der Waals surface area contributed by atoms with Crippen LogP contribution in [-0.2, 0) is 18.4 Å². The molecule has 1 atom stereocenters. The van der Waals surface area contributed by atoms with E-state index in [1.54, 1.807) is 6.20 Å². The summed E-state index contributed by atoms with van der Waals surface area (Å²) in [7, 11) is 1.90. The average molecular weight is 238 g/mol. The van der Waals surface area contributed by atoms with Gasteiger partial charge in [-0.3, -0.25) is 9.48 Å². The Morgan fingerprint density at radius 2 is 2.29 bits per heavy atom. The molecule has 0 fully saturated rings. The Morgan fingerprint density at radius 1 is 1.59 bits per heavy atom. The minimum absolute atomic E-state index is 0.0710. The van der Waals surface area contributed by atoms with Crippen LogP contribution in [0.1, 0.15) is 31.5 Å². The fourth-order valence-electron chi connectivity index (χ4n) is 1.68. The lowest BCUT2D eigenvalue weighted by Gasteiger charge is -2.11. The highest BCUT2D eigenvalue weighted by Crippen LogP contribution is 2.04. The summed E-state index contributed by atoms with van der Waals surface area (Å²) in [4.78, 5) is 11.6. The lowest BCUT2D eigenvalue weighted by molar-refractivity contribution is -0.121. The van der Waals surface area contributed by atoms with Crippen molar-refractivity contribution in [3.63, 3.8) is 0 Å². The molecule has 0 spiro atoms. The quantitative estimate of drug-likeness (QED) is 0.768. The van der Waals surface area contributed by atoms with Gasteiger partial charge >= 0.3 is 0 Å². The van der Waals surface area contributed by atoms with Crippen LogP contribution in [0, 0.1) is 6.92 Å². The van der Waals surface area contributed by atoms with Crippen molar-refractivity contribution in [1.29, 1.82) is 0 Å². The molecule has 1 amide bonds. The highest BCUT2D eigenvalue weighted by atomic mass is 16.1. The number of hydrogen-bond acceptors (Lipinski definition) is 3. The summed E-state index contributed by atoms with van der Waals surface area (Å²) < 4.78 is 1.81. The number of carbonyl (C=O) groups is 1. The standard InChI is InChI=1S/C12H22N4O/c1-5-13-9(2)6-12(17)14-7-11-8-15-16(4)10(11)3/h8-9,13H,5-7H2,1-4H3,(H,14,17). The number of aryl methyl sites for hydroxylation is 1. The van der Waals surface area contributed by atoms with Crippen molar-refractivity contribution in [1.82, 2.24) is 20.4 Å². The molecule has 0 aliphatic heterocycles. The van der Waals surface area contributed by atoms with Crippen LogP contribution in [-0.4, -0.2) is 28.3 Å². The molecule has 17 heavy (non-hydrogen) atoms. The Kier molecular flexibility index (Phi) is 5.15. The normalized spacial score (nSPS) is 12.5. The average Bonchev–Trinajstić information content (AvgIpc) is 2.57. The molecule has 96 valence electrons. The molecule has 0 saturated carbocycles. The molecule has 1 unspecified atom stereocenters. The molecule has 0 aromatic carbocycles. The van der Waals surface area contributed by atoms with Crippen LogP contribution < -0.4 is 10.6 Å². The van der Waals surface area contributed by atoms with Gasteiger partial charge in [0.15, 0.2) is 0 Å². The molecule has 0 aliphatic carbocycles.